The molecule has 1 unspecified atom stereocenters. The topological polar surface area (TPSA) is 93.5 Å². The Morgan fingerprint density at radius 1 is 1.09 bits per heavy atom. The van der Waals surface area contributed by atoms with Crippen molar-refractivity contribution in [2.24, 2.45) is 0 Å². The lowest BCUT2D eigenvalue weighted by Crippen LogP contribution is -2.41. The second kappa shape index (κ2) is 7.34. The lowest BCUT2D eigenvalue weighted by molar-refractivity contribution is -0.133. The minimum absolute atomic E-state index is 0.333. The van der Waals surface area contributed by atoms with Crippen molar-refractivity contribution < 1.29 is 14.4 Å². The Bertz CT molecular complexity index is 1210. The highest BCUT2D eigenvalue weighted by Crippen LogP contribution is 2.46. The fraction of sp³-hybridized carbons (Fsp3) is 0.280. The largest absolute Gasteiger partial charge is 0.347 e. The monoisotopic (exact) mass is 428 g/mol. The zero-order valence-electron chi connectivity index (χ0n) is 18.5. The van der Waals surface area contributed by atoms with Gasteiger partial charge in [-0.05, 0) is 36.2 Å². The molecular formula is C25H24N4O3. The van der Waals surface area contributed by atoms with Crippen LogP contribution in [0.5, 0.6) is 0 Å². The van der Waals surface area contributed by atoms with Crippen LogP contribution in [0, 0.1) is 11.3 Å². The third-order valence-electron chi connectivity index (χ3n) is 6.42. The van der Waals surface area contributed by atoms with Crippen molar-refractivity contribution >= 4 is 23.4 Å². The molecule has 2 aromatic rings. The number of hydrogen-bond acceptors (Lipinski definition) is 5. The first-order valence-electron chi connectivity index (χ1n) is 10.3. The van der Waals surface area contributed by atoms with Gasteiger partial charge in [0, 0.05) is 29.9 Å². The number of amides is 3. The Labute approximate surface area is 186 Å². The van der Waals surface area contributed by atoms with E-state index in [1.807, 2.05) is 56.1 Å². The molecule has 0 aromatic heterocycles. The maximum atomic E-state index is 13.1. The number of carbonyl (C=O) groups excluding carboxylic acids is 3. The average molecular weight is 428 g/mol. The van der Waals surface area contributed by atoms with E-state index in [2.05, 4.69) is 5.32 Å². The zero-order valence-corrected chi connectivity index (χ0v) is 18.5. The highest BCUT2D eigenvalue weighted by Gasteiger charge is 2.49. The van der Waals surface area contributed by atoms with Gasteiger partial charge in [0.15, 0.2) is 5.78 Å². The summed E-state index contributed by atoms with van der Waals surface area (Å²) < 4.78 is 0. The van der Waals surface area contributed by atoms with Crippen LogP contribution in [0.2, 0.25) is 0 Å². The Morgan fingerprint density at radius 3 is 2.38 bits per heavy atom. The van der Waals surface area contributed by atoms with E-state index in [0.29, 0.717) is 11.1 Å². The van der Waals surface area contributed by atoms with Gasteiger partial charge in [-0.25, -0.2) is 4.79 Å². The molecule has 3 amide bonds. The molecule has 0 spiro atoms. The van der Waals surface area contributed by atoms with E-state index in [-0.39, 0.29) is 17.7 Å². The third-order valence-corrected chi connectivity index (χ3v) is 6.42. The average Bonchev–Trinajstić information content (AvgIpc) is 3.11. The number of carbonyl (C=O) groups is 3. The molecule has 2 aliphatic heterocycles. The number of anilines is 1. The van der Waals surface area contributed by atoms with E-state index in [0.717, 1.165) is 21.8 Å². The molecule has 0 bridgehead atoms. The normalized spacial score (nSPS) is 22.7. The second-order valence-electron chi connectivity index (χ2n) is 8.83. The van der Waals surface area contributed by atoms with Gasteiger partial charge in [0.25, 0.3) is 5.91 Å². The Balaban J connectivity index is 1.57. The molecule has 0 saturated carbocycles. The van der Waals surface area contributed by atoms with Crippen LogP contribution in [0.3, 0.4) is 0 Å². The van der Waals surface area contributed by atoms with E-state index >= 15 is 0 Å². The highest BCUT2D eigenvalue weighted by molar-refractivity contribution is 6.10. The standard InChI is InChI=1S/C25H24N4O3/c1-24(2)19-7-5-6-8-20(19)28(4)21(24)13-18(30)15-29-22(31)25(3,27-23(29)32)17-11-9-16(14-26)10-12-17/h5-13H,15H2,1-4H3,(H,27,32)/b21-13-. The minimum Gasteiger partial charge on any atom is -0.347 e. The van der Waals surface area contributed by atoms with Crippen molar-refractivity contribution in [3.8, 4) is 6.07 Å². The third kappa shape index (κ3) is 3.16. The summed E-state index contributed by atoms with van der Waals surface area (Å²) in [7, 11) is 1.91. The van der Waals surface area contributed by atoms with E-state index in [1.54, 1.807) is 31.2 Å². The van der Waals surface area contributed by atoms with E-state index < -0.39 is 17.5 Å². The summed E-state index contributed by atoms with van der Waals surface area (Å²) >= 11 is 0. The van der Waals surface area contributed by atoms with Crippen LogP contribution in [0.4, 0.5) is 10.5 Å². The van der Waals surface area contributed by atoms with Gasteiger partial charge >= 0.3 is 6.03 Å². The van der Waals surface area contributed by atoms with Gasteiger partial charge in [0.2, 0.25) is 0 Å². The molecular weight excluding hydrogens is 404 g/mol. The number of nitriles is 1. The zero-order chi connectivity index (χ0) is 23.3. The summed E-state index contributed by atoms with van der Waals surface area (Å²) in [5.41, 5.74) is 2.29. The Kier molecular flexibility index (Phi) is 4.89. The van der Waals surface area contributed by atoms with Crippen LogP contribution >= 0.6 is 0 Å². The lowest BCUT2D eigenvalue weighted by Gasteiger charge is -2.24. The molecule has 4 rings (SSSR count). The molecule has 2 heterocycles. The number of benzene rings is 2. The SMILES string of the molecule is CN1/C(=C\C(=O)CN2C(=O)NC(C)(c3ccc(C#N)cc3)C2=O)C(C)(C)c2ccccc21. The van der Waals surface area contributed by atoms with E-state index in [1.165, 1.54) is 6.08 Å². The van der Waals surface area contributed by atoms with Crippen LogP contribution in [0.1, 0.15) is 37.5 Å². The molecule has 2 aliphatic rings. The van der Waals surface area contributed by atoms with E-state index in [4.69, 9.17) is 5.26 Å². The van der Waals surface area contributed by atoms with Crippen molar-refractivity contribution in [3.63, 3.8) is 0 Å². The number of rotatable bonds is 4. The molecule has 7 nitrogen and oxygen atoms in total. The van der Waals surface area contributed by atoms with Gasteiger partial charge < -0.3 is 10.2 Å². The van der Waals surface area contributed by atoms with Crippen molar-refractivity contribution in [2.45, 2.75) is 31.7 Å². The van der Waals surface area contributed by atoms with Crippen LogP contribution in [-0.4, -0.2) is 36.2 Å². The van der Waals surface area contributed by atoms with Crippen molar-refractivity contribution in [1.82, 2.24) is 10.2 Å². The number of nitrogens with zero attached hydrogens (tertiary/aromatic N) is 3. The number of imide groups is 1. The van der Waals surface area contributed by atoms with Gasteiger partial charge in [-0.3, -0.25) is 14.5 Å². The van der Waals surface area contributed by atoms with Crippen LogP contribution < -0.4 is 10.2 Å². The van der Waals surface area contributed by atoms with Crippen molar-refractivity contribution in [3.05, 3.63) is 77.0 Å². The Morgan fingerprint density at radius 2 is 1.75 bits per heavy atom. The molecule has 0 aliphatic carbocycles. The molecule has 2 aromatic carbocycles. The molecule has 1 fully saturated rings. The highest BCUT2D eigenvalue weighted by atomic mass is 16.2. The second-order valence-corrected chi connectivity index (χ2v) is 8.83. The molecule has 1 atom stereocenters. The first-order chi connectivity index (χ1) is 15.1. The van der Waals surface area contributed by atoms with Gasteiger partial charge in [0.05, 0.1) is 18.2 Å². The predicted octanol–water partition coefficient (Wildman–Crippen LogP) is 3.21. The molecule has 1 N–H and O–H groups in total. The van der Waals surface area contributed by atoms with Crippen molar-refractivity contribution in [1.29, 1.82) is 5.26 Å². The molecule has 7 heteroatoms. The number of para-hydroxylation sites is 1. The summed E-state index contributed by atoms with van der Waals surface area (Å²) in [6.45, 7) is 5.34. The number of hydrogen-bond donors (Lipinski definition) is 1. The number of likely N-dealkylation sites (N-methyl/N-ethyl adjacent to an activating group) is 1. The van der Waals surface area contributed by atoms with Crippen LogP contribution in [0.25, 0.3) is 0 Å². The minimum atomic E-state index is -1.29. The molecule has 32 heavy (non-hydrogen) atoms. The summed E-state index contributed by atoms with van der Waals surface area (Å²) in [4.78, 5) is 41.6. The molecule has 1 saturated heterocycles. The number of ketones is 1. The molecule has 162 valence electrons. The number of nitrogens with one attached hydrogen (secondary N) is 1. The number of allylic oxidation sites excluding steroid dienone is 1. The number of urea groups is 1. The first-order valence-corrected chi connectivity index (χ1v) is 10.3. The summed E-state index contributed by atoms with van der Waals surface area (Å²) in [6, 6.07) is 15.8. The fourth-order valence-electron chi connectivity index (χ4n) is 4.53. The maximum Gasteiger partial charge on any atom is 0.325 e. The van der Waals surface area contributed by atoms with Crippen LogP contribution in [0.15, 0.2) is 60.3 Å². The van der Waals surface area contributed by atoms with Gasteiger partial charge in [-0.2, -0.15) is 5.26 Å². The molecule has 0 radical (unpaired) electrons. The van der Waals surface area contributed by atoms with Gasteiger partial charge in [-0.15, -0.1) is 0 Å². The number of fused-ring (bicyclic) bond motifs is 1. The fourth-order valence-corrected chi connectivity index (χ4v) is 4.53. The summed E-state index contributed by atoms with van der Waals surface area (Å²) in [5, 5.41) is 11.7. The predicted molar refractivity (Wildman–Crippen MR) is 120 cm³/mol. The summed E-state index contributed by atoms with van der Waals surface area (Å²) in [6.07, 6.45) is 1.53. The Hall–Kier alpha value is -3.92. The summed E-state index contributed by atoms with van der Waals surface area (Å²) in [5.74, 6) is -0.832. The quantitative estimate of drug-likeness (QED) is 0.596. The lowest BCUT2D eigenvalue weighted by atomic mass is 9.83. The van der Waals surface area contributed by atoms with Gasteiger partial charge in [0.1, 0.15) is 5.54 Å². The maximum absolute atomic E-state index is 13.1. The smallest absolute Gasteiger partial charge is 0.325 e. The van der Waals surface area contributed by atoms with Crippen molar-refractivity contribution in [2.75, 3.05) is 18.5 Å². The van der Waals surface area contributed by atoms with Gasteiger partial charge in [-0.1, -0.05) is 44.2 Å². The first kappa shape index (κ1) is 21.3. The van der Waals surface area contributed by atoms with Crippen LogP contribution in [-0.2, 0) is 20.5 Å². The van der Waals surface area contributed by atoms with E-state index in [9.17, 15) is 14.4 Å².